The van der Waals surface area contributed by atoms with Crippen molar-refractivity contribution in [2.75, 3.05) is 11.9 Å². The van der Waals surface area contributed by atoms with Crippen molar-refractivity contribution in [3.05, 3.63) is 29.8 Å². The second kappa shape index (κ2) is 6.78. The van der Waals surface area contributed by atoms with Gasteiger partial charge >= 0.3 is 6.03 Å². The Morgan fingerprint density at radius 3 is 2.60 bits per heavy atom. The normalized spacial score (nSPS) is 18.7. The van der Waals surface area contributed by atoms with Crippen LogP contribution < -0.4 is 10.6 Å². The van der Waals surface area contributed by atoms with Gasteiger partial charge in [-0.1, -0.05) is 12.8 Å². The molecule has 1 saturated heterocycles. The van der Waals surface area contributed by atoms with Crippen LogP contribution in [0.5, 0.6) is 0 Å². The Hall–Kier alpha value is -2.51. The highest BCUT2D eigenvalue weighted by Gasteiger charge is 2.51. The fourth-order valence-electron chi connectivity index (χ4n) is 3.39. The molecule has 134 valence electrons. The van der Waals surface area contributed by atoms with Gasteiger partial charge in [0.05, 0.1) is 0 Å². The molecule has 1 aliphatic heterocycles. The lowest BCUT2D eigenvalue weighted by Gasteiger charge is -2.19. The van der Waals surface area contributed by atoms with E-state index in [1.54, 1.807) is 0 Å². The summed E-state index contributed by atoms with van der Waals surface area (Å²) in [4.78, 5) is 37.5. The van der Waals surface area contributed by atoms with Crippen molar-refractivity contribution in [1.29, 1.82) is 0 Å². The number of carbonyl (C=O) groups is 3. The highest BCUT2D eigenvalue weighted by Crippen LogP contribution is 2.35. The second-order valence-corrected chi connectivity index (χ2v) is 6.46. The van der Waals surface area contributed by atoms with Gasteiger partial charge in [0, 0.05) is 24.7 Å². The van der Waals surface area contributed by atoms with Gasteiger partial charge in [0.25, 0.3) is 5.91 Å². The molecule has 1 aliphatic carbocycles. The van der Waals surface area contributed by atoms with Crippen molar-refractivity contribution >= 4 is 23.5 Å². The Labute approximate surface area is 143 Å². The van der Waals surface area contributed by atoms with Crippen LogP contribution in [0.3, 0.4) is 0 Å². The average molecular weight is 351 g/mol. The Kier molecular flexibility index (Phi) is 4.69. The van der Waals surface area contributed by atoms with Gasteiger partial charge in [0.1, 0.15) is 5.54 Å². The largest absolute Gasteiger partial charge is 0.326 e. The zero-order valence-corrected chi connectivity index (χ0v) is 13.6. The highest BCUT2D eigenvalue weighted by molar-refractivity contribution is 6.07. The standard InChI is InChI=1S/C17H19F2N3O3/c18-12-6-5-11(10-13(12)19)20-14(23)4-3-9-22-15(24)17(21-16(22)25)7-1-2-8-17/h5-6,10H,1-4,7-9H2,(H,20,23)(H,21,25). The van der Waals surface area contributed by atoms with E-state index in [1.807, 2.05) is 0 Å². The van der Waals surface area contributed by atoms with Gasteiger partial charge in [-0.05, 0) is 31.4 Å². The minimum Gasteiger partial charge on any atom is -0.326 e. The SMILES string of the molecule is O=C(CCCN1C(=O)NC2(CCCC2)C1=O)Nc1ccc(F)c(F)c1. The number of nitrogens with one attached hydrogen (secondary N) is 2. The van der Waals surface area contributed by atoms with Crippen LogP contribution in [0, 0.1) is 11.6 Å². The number of carbonyl (C=O) groups excluding carboxylic acids is 3. The summed E-state index contributed by atoms with van der Waals surface area (Å²) < 4.78 is 25.9. The molecule has 2 N–H and O–H groups in total. The van der Waals surface area contributed by atoms with Crippen molar-refractivity contribution in [3.8, 4) is 0 Å². The summed E-state index contributed by atoms with van der Waals surface area (Å²) in [6, 6.07) is 2.68. The van der Waals surface area contributed by atoms with Crippen molar-refractivity contribution in [1.82, 2.24) is 10.2 Å². The smallest absolute Gasteiger partial charge is 0.325 e. The molecule has 3 rings (SSSR count). The number of imide groups is 1. The molecule has 1 spiro atoms. The van der Waals surface area contributed by atoms with Gasteiger partial charge in [-0.2, -0.15) is 0 Å². The number of urea groups is 1. The summed E-state index contributed by atoms with van der Waals surface area (Å²) in [5.74, 6) is -2.64. The number of halogens is 2. The van der Waals surface area contributed by atoms with Crippen molar-refractivity contribution in [3.63, 3.8) is 0 Å². The van der Waals surface area contributed by atoms with E-state index in [1.165, 1.54) is 6.07 Å². The van der Waals surface area contributed by atoms with Crippen molar-refractivity contribution in [2.24, 2.45) is 0 Å². The van der Waals surface area contributed by atoms with Crippen LogP contribution in [0.15, 0.2) is 18.2 Å². The highest BCUT2D eigenvalue weighted by atomic mass is 19.2. The van der Waals surface area contributed by atoms with Gasteiger partial charge in [0.15, 0.2) is 11.6 Å². The van der Waals surface area contributed by atoms with Crippen LogP contribution >= 0.6 is 0 Å². The molecule has 1 saturated carbocycles. The number of rotatable bonds is 5. The first kappa shape index (κ1) is 17.3. The van der Waals surface area contributed by atoms with E-state index in [0.29, 0.717) is 19.3 Å². The van der Waals surface area contributed by atoms with Gasteiger partial charge in [-0.3, -0.25) is 14.5 Å². The maximum Gasteiger partial charge on any atom is 0.325 e. The summed E-state index contributed by atoms with van der Waals surface area (Å²) in [5, 5.41) is 5.24. The number of anilines is 1. The maximum atomic E-state index is 13.1. The first-order valence-corrected chi connectivity index (χ1v) is 8.30. The molecule has 0 bridgehead atoms. The van der Waals surface area contributed by atoms with E-state index in [9.17, 15) is 23.2 Å². The second-order valence-electron chi connectivity index (χ2n) is 6.46. The third kappa shape index (κ3) is 3.47. The van der Waals surface area contributed by atoms with Crippen LogP contribution in [0.2, 0.25) is 0 Å². The molecule has 0 atom stereocenters. The topological polar surface area (TPSA) is 78.5 Å². The van der Waals surface area contributed by atoms with E-state index in [4.69, 9.17) is 0 Å². The Balaban J connectivity index is 1.49. The number of amides is 4. The third-order valence-corrected chi connectivity index (χ3v) is 4.69. The molecule has 1 aromatic rings. The van der Waals surface area contributed by atoms with Crippen LogP contribution in [-0.2, 0) is 9.59 Å². The Bertz CT molecular complexity index is 717. The van der Waals surface area contributed by atoms with E-state index in [0.717, 1.165) is 29.9 Å². The summed E-state index contributed by atoms with van der Waals surface area (Å²) in [7, 11) is 0. The van der Waals surface area contributed by atoms with E-state index < -0.39 is 29.1 Å². The zero-order valence-electron chi connectivity index (χ0n) is 13.6. The molecule has 1 heterocycles. The third-order valence-electron chi connectivity index (χ3n) is 4.69. The summed E-state index contributed by atoms with van der Waals surface area (Å²) in [5.41, 5.74) is -0.589. The molecule has 2 aliphatic rings. The lowest BCUT2D eigenvalue weighted by molar-refractivity contribution is -0.131. The fraction of sp³-hybridized carbons (Fsp3) is 0.471. The maximum absolute atomic E-state index is 13.1. The fourth-order valence-corrected chi connectivity index (χ4v) is 3.39. The van der Waals surface area contributed by atoms with Gasteiger partial charge in [-0.15, -0.1) is 0 Å². The summed E-state index contributed by atoms with van der Waals surface area (Å²) in [6.07, 6.45) is 3.50. The Morgan fingerprint density at radius 2 is 1.92 bits per heavy atom. The summed E-state index contributed by atoms with van der Waals surface area (Å²) in [6.45, 7) is 0.150. The number of hydrogen-bond donors (Lipinski definition) is 2. The quantitative estimate of drug-likeness (QED) is 0.800. The molecule has 0 radical (unpaired) electrons. The van der Waals surface area contributed by atoms with Crippen LogP contribution in [0.25, 0.3) is 0 Å². The van der Waals surface area contributed by atoms with E-state index in [-0.39, 0.29) is 24.6 Å². The first-order valence-electron chi connectivity index (χ1n) is 8.30. The summed E-state index contributed by atoms with van der Waals surface area (Å²) >= 11 is 0. The molecular weight excluding hydrogens is 332 g/mol. The van der Waals surface area contributed by atoms with Crippen molar-refractivity contribution in [2.45, 2.75) is 44.1 Å². The minimum absolute atomic E-state index is 0.0586. The molecule has 0 unspecified atom stereocenters. The monoisotopic (exact) mass is 351 g/mol. The van der Waals surface area contributed by atoms with E-state index >= 15 is 0 Å². The molecule has 8 heteroatoms. The average Bonchev–Trinajstić information content (AvgIpc) is 3.12. The first-order chi connectivity index (χ1) is 11.9. The predicted octanol–water partition coefficient (Wildman–Crippen LogP) is 2.55. The van der Waals surface area contributed by atoms with Crippen LogP contribution in [0.1, 0.15) is 38.5 Å². The Morgan fingerprint density at radius 1 is 1.20 bits per heavy atom. The lowest BCUT2D eigenvalue weighted by atomic mass is 9.98. The van der Waals surface area contributed by atoms with Crippen molar-refractivity contribution < 1.29 is 23.2 Å². The molecule has 25 heavy (non-hydrogen) atoms. The zero-order chi connectivity index (χ0) is 18.0. The van der Waals surface area contributed by atoms with E-state index in [2.05, 4.69) is 10.6 Å². The van der Waals surface area contributed by atoms with Gasteiger partial charge < -0.3 is 10.6 Å². The predicted molar refractivity (Wildman–Crippen MR) is 85.7 cm³/mol. The van der Waals surface area contributed by atoms with Gasteiger partial charge in [-0.25, -0.2) is 13.6 Å². The molecule has 2 fully saturated rings. The number of hydrogen-bond acceptors (Lipinski definition) is 3. The molecule has 1 aromatic carbocycles. The number of nitrogens with zero attached hydrogens (tertiary/aromatic N) is 1. The van der Waals surface area contributed by atoms with Crippen LogP contribution in [-0.4, -0.2) is 34.8 Å². The number of benzene rings is 1. The molecule has 0 aromatic heterocycles. The molecular formula is C17H19F2N3O3. The lowest BCUT2D eigenvalue weighted by Crippen LogP contribution is -2.44. The van der Waals surface area contributed by atoms with Crippen LogP contribution in [0.4, 0.5) is 19.3 Å². The molecule has 4 amide bonds. The minimum atomic E-state index is -1.04. The van der Waals surface area contributed by atoms with Gasteiger partial charge in [0.2, 0.25) is 5.91 Å². The molecule has 6 nitrogen and oxygen atoms in total.